The van der Waals surface area contributed by atoms with Crippen molar-refractivity contribution in [2.24, 2.45) is 0 Å². The molecule has 2 aromatic rings. The second-order valence-corrected chi connectivity index (χ2v) is 6.93. The molecule has 3 N–H and O–H groups in total. The number of nitrogens with one attached hydrogen (secondary N) is 3. The van der Waals surface area contributed by atoms with Crippen LogP contribution < -0.4 is 10.9 Å². The summed E-state index contributed by atoms with van der Waals surface area (Å²) in [5.41, 5.74) is 5.69. The maximum absolute atomic E-state index is 12.6. The fraction of sp³-hybridized carbons (Fsp3) is 0.250. The van der Waals surface area contributed by atoms with Gasteiger partial charge in [-0.25, -0.2) is 0 Å². The molecule has 3 rings (SSSR count). The van der Waals surface area contributed by atoms with Crippen LogP contribution in [0.3, 0.4) is 0 Å². The average Bonchev–Trinajstić information content (AvgIpc) is 2.92. The zero-order valence-electron chi connectivity index (χ0n) is 12.2. The van der Waals surface area contributed by atoms with Crippen LogP contribution >= 0.6 is 27.5 Å². The highest BCUT2D eigenvalue weighted by molar-refractivity contribution is 9.10. The lowest BCUT2D eigenvalue weighted by Crippen LogP contribution is -2.54. The third-order valence-corrected chi connectivity index (χ3v) is 4.93. The predicted molar refractivity (Wildman–Crippen MR) is 91.1 cm³/mol. The molecule has 7 heteroatoms. The van der Waals surface area contributed by atoms with Crippen LogP contribution in [0.25, 0.3) is 0 Å². The number of aromatic amines is 1. The van der Waals surface area contributed by atoms with Crippen LogP contribution in [-0.2, 0) is 10.2 Å². The van der Waals surface area contributed by atoms with E-state index in [1.54, 1.807) is 24.4 Å². The topological polar surface area (TPSA) is 74.0 Å². The van der Waals surface area contributed by atoms with Gasteiger partial charge in [0.2, 0.25) is 5.91 Å². The lowest BCUT2D eigenvalue weighted by molar-refractivity contribution is -0.130. The fourth-order valence-corrected chi connectivity index (χ4v) is 3.21. The molecular weight excluding hydrogens is 382 g/mol. The number of hydrogen-bond acceptors (Lipinski definition) is 2. The summed E-state index contributed by atoms with van der Waals surface area (Å²) in [6, 6.07) is 8.92. The molecule has 1 saturated carbocycles. The first-order chi connectivity index (χ1) is 11.0. The Morgan fingerprint density at radius 3 is 2.39 bits per heavy atom. The number of hydrogen-bond donors (Lipinski definition) is 3. The van der Waals surface area contributed by atoms with E-state index in [9.17, 15) is 9.59 Å². The monoisotopic (exact) mass is 395 g/mol. The Bertz CT molecular complexity index is 738. The van der Waals surface area contributed by atoms with Gasteiger partial charge in [-0.05, 0) is 52.5 Å². The summed E-state index contributed by atoms with van der Waals surface area (Å²) in [7, 11) is 0. The number of carbonyl (C=O) groups excluding carboxylic acids is 2. The molecule has 0 spiro atoms. The van der Waals surface area contributed by atoms with Crippen molar-refractivity contribution in [1.29, 1.82) is 0 Å². The highest BCUT2D eigenvalue weighted by atomic mass is 79.9. The smallest absolute Gasteiger partial charge is 0.286 e. The largest absolute Gasteiger partial charge is 0.356 e. The van der Waals surface area contributed by atoms with E-state index < -0.39 is 11.3 Å². The maximum atomic E-state index is 12.6. The zero-order valence-corrected chi connectivity index (χ0v) is 14.5. The van der Waals surface area contributed by atoms with E-state index >= 15 is 0 Å². The minimum absolute atomic E-state index is 0.204. The van der Waals surface area contributed by atoms with Crippen molar-refractivity contribution >= 4 is 39.3 Å². The number of hydrazine groups is 1. The molecular formula is C16H15BrClN3O2. The number of benzene rings is 1. The molecule has 0 radical (unpaired) electrons. The van der Waals surface area contributed by atoms with Crippen LogP contribution in [0.15, 0.2) is 41.0 Å². The normalized spacial score (nSPS) is 15.6. The van der Waals surface area contributed by atoms with Crippen molar-refractivity contribution in [1.82, 2.24) is 15.8 Å². The van der Waals surface area contributed by atoms with Crippen molar-refractivity contribution in [2.75, 3.05) is 0 Å². The Balaban J connectivity index is 1.68. The molecule has 120 valence electrons. The Kier molecular flexibility index (Phi) is 4.46. The average molecular weight is 397 g/mol. The summed E-state index contributed by atoms with van der Waals surface area (Å²) in [5.74, 6) is -0.598. The molecule has 0 unspecified atom stereocenters. The number of rotatable bonds is 3. The first-order valence-electron chi connectivity index (χ1n) is 7.22. The van der Waals surface area contributed by atoms with E-state index in [2.05, 4.69) is 31.8 Å². The maximum Gasteiger partial charge on any atom is 0.286 e. The van der Waals surface area contributed by atoms with Gasteiger partial charge in [0.25, 0.3) is 5.91 Å². The number of aromatic nitrogens is 1. The highest BCUT2D eigenvalue weighted by Crippen LogP contribution is 2.44. The number of H-pyrrole nitrogens is 1. The van der Waals surface area contributed by atoms with Crippen LogP contribution in [0.4, 0.5) is 0 Å². The molecule has 23 heavy (non-hydrogen) atoms. The van der Waals surface area contributed by atoms with Crippen molar-refractivity contribution in [2.45, 2.75) is 24.7 Å². The minimum atomic E-state index is -0.589. The lowest BCUT2D eigenvalue weighted by Gasteiger charge is -2.40. The highest BCUT2D eigenvalue weighted by Gasteiger charge is 2.45. The molecule has 1 aromatic carbocycles. The Labute approximate surface area is 146 Å². The Hall–Kier alpha value is -1.79. The summed E-state index contributed by atoms with van der Waals surface area (Å²) in [6.45, 7) is 0. The first kappa shape index (κ1) is 16.1. The summed E-state index contributed by atoms with van der Waals surface area (Å²) in [5, 5.41) is 0.634. The molecule has 0 saturated heterocycles. The zero-order chi connectivity index (χ0) is 16.4. The lowest BCUT2D eigenvalue weighted by atomic mass is 9.64. The van der Waals surface area contributed by atoms with E-state index in [-0.39, 0.29) is 5.91 Å². The van der Waals surface area contributed by atoms with Crippen molar-refractivity contribution < 1.29 is 9.59 Å². The van der Waals surface area contributed by atoms with E-state index in [0.717, 1.165) is 29.3 Å². The van der Waals surface area contributed by atoms with Gasteiger partial charge < -0.3 is 4.98 Å². The molecule has 1 fully saturated rings. The first-order valence-corrected chi connectivity index (χ1v) is 8.39. The third-order valence-electron chi connectivity index (χ3n) is 4.22. The second-order valence-electron chi connectivity index (χ2n) is 5.58. The fourth-order valence-electron chi connectivity index (χ4n) is 2.75. The Morgan fingerprint density at radius 1 is 1.17 bits per heavy atom. The SMILES string of the molecule is O=C(NNC(=O)C1(c2ccc(Cl)cc2)CCC1)c1cc(Br)c[nH]1. The van der Waals surface area contributed by atoms with Gasteiger partial charge in [-0.3, -0.25) is 20.4 Å². The molecule has 1 aromatic heterocycles. The Morgan fingerprint density at radius 2 is 1.87 bits per heavy atom. The molecule has 0 bridgehead atoms. The van der Waals surface area contributed by atoms with Gasteiger partial charge in [-0.15, -0.1) is 0 Å². The molecule has 0 aliphatic heterocycles. The minimum Gasteiger partial charge on any atom is -0.356 e. The van der Waals surface area contributed by atoms with Crippen LogP contribution in [0, 0.1) is 0 Å². The van der Waals surface area contributed by atoms with Crippen molar-refractivity contribution in [3.8, 4) is 0 Å². The molecule has 0 atom stereocenters. The molecule has 1 aliphatic rings. The van der Waals surface area contributed by atoms with E-state index in [0.29, 0.717) is 10.7 Å². The summed E-state index contributed by atoms with van der Waals surface area (Å²) in [4.78, 5) is 27.4. The standard InChI is InChI=1S/C16H15BrClN3O2/c17-11-8-13(19-9-11)14(22)20-21-15(23)16(6-1-7-16)10-2-4-12(18)5-3-10/h2-5,8-9,19H,1,6-7H2,(H,20,22)(H,21,23). The van der Waals surface area contributed by atoms with Gasteiger partial charge in [0.05, 0.1) is 5.41 Å². The van der Waals surface area contributed by atoms with Crippen molar-refractivity contribution in [3.63, 3.8) is 0 Å². The number of carbonyl (C=O) groups is 2. The second kappa shape index (κ2) is 6.37. The summed E-state index contributed by atoms with van der Waals surface area (Å²) >= 11 is 9.17. The van der Waals surface area contributed by atoms with Crippen LogP contribution in [-0.4, -0.2) is 16.8 Å². The third kappa shape index (κ3) is 3.14. The molecule has 2 amide bonds. The number of halogens is 2. The summed E-state index contributed by atoms with van der Waals surface area (Å²) < 4.78 is 0.769. The van der Waals surface area contributed by atoms with E-state index in [1.807, 2.05) is 12.1 Å². The van der Waals surface area contributed by atoms with Crippen LogP contribution in [0.1, 0.15) is 35.3 Å². The van der Waals surface area contributed by atoms with Crippen molar-refractivity contribution in [3.05, 3.63) is 57.3 Å². The van der Waals surface area contributed by atoms with Gasteiger partial charge in [0.1, 0.15) is 5.69 Å². The summed E-state index contributed by atoms with van der Waals surface area (Å²) in [6.07, 6.45) is 4.14. The van der Waals surface area contributed by atoms with E-state index in [4.69, 9.17) is 11.6 Å². The van der Waals surface area contributed by atoms with Gasteiger partial charge in [-0.2, -0.15) is 0 Å². The van der Waals surface area contributed by atoms with Crippen LogP contribution in [0.5, 0.6) is 0 Å². The molecule has 1 aliphatic carbocycles. The van der Waals surface area contributed by atoms with Gasteiger partial charge in [0, 0.05) is 15.7 Å². The predicted octanol–water partition coefficient (Wildman–Crippen LogP) is 3.31. The van der Waals surface area contributed by atoms with Crippen LogP contribution in [0.2, 0.25) is 5.02 Å². The molecule has 5 nitrogen and oxygen atoms in total. The van der Waals surface area contributed by atoms with E-state index in [1.165, 1.54) is 0 Å². The quantitative estimate of drug-likeness (QED) is 0.696. The molecule has 1 heterocycles. The van der Waals surface area contributed by atoms with Gasteiger partial charge in [0.15, 0.2) is 0 Å². The van der Waals surface area contributed by atoms with Gasteiger partial charge in [-0.1, -0.05) is 30.2 Å². The van der Waals surface area contributed by atoms with Gasteiger partial charge >= 0.3 is 0 Å². The number of amides is 2.